The minimum atomic E-state index is -0.236. The highest BCUT2D eigenvalue weighted by Crippen LogP contribution is 2.04. The van der Waals surface area contributed by atoms with E-state index in [2.05, 4.69) is 10.1 Å². The van der Waals surface area contributed by atoms with Crippen molar-refractivity contribution in [3.8, 4) is 0 Å². The molecule has 84 valence electrons. The average molecular weight is 219 g/mol. The van der Waals surface area contributed by atoms with Gasteiger partial charge in [-0.2, -0.15) is 5.10 Å². The van der Waals surface area contributed by atoms with Gasteiger partial charge in [-0.25, -0.2) is 9.50 Å². The van der Waals surface area contributed by atoms with Gasteiger partial charge in [0.05, 0.1) is 12.8 Å². The summed E-state index contributed by atoms with van der Waals surface area (Å²) in [6, 6.07) is 1.85. The molecule has 5 heteroatoms. The standard InChI is InChI=1S/C11H13N3O2/c1-9(15)16-6-2-3-10-7-12-11-4-5-13-14(11)8-10/h4-5,7-8H,2-3,6H2,1H3. The number of esters is 1. The fourth-order valence-electron chi connectivity index (χ4n) is 1.47. The lowest BCUT2D eigenvalue weighted by molar-refractivity contribution is -0.141. The Balaban J connectivity index is 1.91. The molecular formula is C11H13N3O2. The minimum Gasteiger partial charge on any atom is -0.466 e. The van der Waals surface area contributed by atoms with Crippen LogP contribution in [0.1, 0.15) is 18.9 Å². The van der Waals surface area contributed by atoms with E-state index in [4.69, 9.17) is 4.74 Å². The summed E-state index contributed by atoms with van der Waals surface area (Å²) in [5, 5.41) is 4.10. The maximum atomic E-state index is 10.5. The molecule has 0 saturated carbocycles. The van der Waals surface area contributed by atoms with E-state index in [1.807, 2.05) is 18.5 Å². The van der Waals surface area contributed by atoms with Gasteiger partial charge in [0, 0.05) is 25.4 Å². The lowest BCUT2D eigenvalue weighted by atomic mass is 10.2. The topological polar surface area (TPSA) is 56.5 Å². The maximum Gasteiger partial charge on any atom is 0.302 e. The first-order valence-corrected chi connectivity index (χ1v) is 5.17. The Labute approximate surface area is 93.1 Å². The molecule has 0 saturated heterocycles. The molecule has 0 radical (unpaired) electrons. The van der Waals surface area contributed by atoms with Crippen molar-refractivity contribution in [1.82, 2.24) is 14.6 Å². The molecule has 0 atom stereocenters. The molecule has 5 nitrogen and oxygen atoms in total. The molecule has 0 aliphatic heterocycles. The van der Waals surface area contributed by atoms with Crippen LogP contribution in [0, 0.1) is 0 Å². The van der Waals surface area contributed by atoms with E-state index in [9.17, 15) is 4.79 Å². The number of rotatable bonds is 4. The van der Waals surface area contributed by atoms with Crippen molar-refractivity contribution in [2.45, 2.75) is 19.8 Å². The summed E-state index contributed by atoms with van der Waals surface area (Å²) < 4.78 is 6.59. The van der Waals surface area contributed by atoms with Crippen molar-refractivity contribution in [2.75, 3.05) is 6.61 Å². The lowest BCUT2D eigenvalue weighted by Gasteiger charge is -2.02. The van der Waals surface area contributed by atoms with E-state index < -0.39 is 0 Å². The van der Waals surface area contributed by atoms with Gasteiger partial charge in [0.2, 0.25) is 0 Å². The summed E-state index contributed by atoms with van der Waals surface area (Å²) in [6.45, 7) is 1.86. The Hall–Kier alpha value is -1.91. The van der Waals surface area contributed by atoms with Gasteiger partial charge in [0.15, 0.2) is 5.65 Å². The molecule has 0 aliphatic rings. The summed E-state index contributed by atoms with van der Waals surface area (Å²) in [5.74, 6) is -0.236. The predicted octanol–water partition coefficient (Wildman–Crippen LogP) is 1.22. The predicted molar refractivity (Wildman–Crippen MR) is 57.9 cm³/mol. The van der Waals surface area contributed by atoms with Crippen molar-refractivity contribution in [3.63, 3.8) is 0 Å². The first kappa shape index (κ1) is 10.6. The second kappa shape index (κ2) is 4.74. The van der Waals surface area contributed by atoms with Crippen LogP contribution in [-0.2, 0) is 16.0 Å². The molecule has 0 bridgehead atoms. The largest absolute Gasteiger partial charge is 0.466 e. The monoisotopic (exact) mass is 219 g/mol. The molecule has 0 aliphatic carbocycles. The first-order chi connectivity index (χ1) is 7.75. The number of carbonyl (C=O) groups is 1. The zero-order chi connectivity index (χ0) is 11.4. The van der Waals surface area contributed by atoms with Gasteiger partial charge in [0.1, 0.15) is 0 Å². The molecule has 0 N–H and O–H groups in total. The molecule has 2 aromatic heterocycles. The number of ether oxygens (including phenoxy) is 1. The maximum absolute atomic E-state index is 10.5. The third kappa shape index (κ3) is 2.56. The van der Waals surface area contributed by atoms with Gasteiger partial charge in [-0.15, -0.1) is 0 Å². The van der Waals surface area contributed by atoms with Gasteiger partial charge < -0.3 is 4.74 Å². The molecule has 0 amide bonds. The van der Waals surface area contributed by atoms with Crippen molar-refractivity contribution < 1.29 is 9.53 Å². The number of carbonyl (C=O) groups excluding carboxylic acids is 1. The summed E-state index contributed by atoms with van der Waals surface area (Å²) in [4.78, 5) is 14.8. The molecule has 2 rings (SSSR count). The van der Waals surface area contributed by atoms with Crippen molar-refractivity contribution in [1.29, 1.82) is 0 Å². The number of hydrogen-bond donors (Lipinski definition) is 0. The summed E-state index contributed by atoms with van der Waals surface area (Å²) in [7, 11) is 0. The number of hydrogen-bond acceptors (Lipinski definition) is 4. The van der Waals surface area contributed by atoms with E-state index in [0.717, 1.165) is 24.1 Å². The fourth-order valence-corrected chi connectivity index (χ4v) is 1.47. The van der Waals surface area contributed by atoms with Gasteiger partial charge in [-0.3, -0.25) is 4.79 Å². The van der Waals surface area contributed by atoms with Crippen LogP contribution >= 0.6 is 0 Å². The van der Waals surface area contributed by atoms with Crippen molar-refractivity contribution >= 4 is 11.6 Å². The van der Waals surface area contributed by atoms with Crippen LogP contribution in [0.2, 0.25) is 0 Å². The Morgan fingerprint density at radius 1 is 1.56 bits per heavy atom. The van der Waals surface area contributed by atoms with Crippen LogP contribution in [0.25, 0.3) is 5.65 Å². The zero-order valence-corrected chi connectivity index (χ0v) is 9.09. The molecule has 0 fully saturated rings. The summed E-state index contributed by atoms with van der Waals surface area (Å²) in [5.41, 5.74) is 1.92. The van der Waals surface area contributed by atoms with Crippen LogP contribution in [0.15, 0.2) is 24.7 Å². The van der Waals surface area contributed by atoms with Gasteiger partial charge in [-0.05, 0) is 18.4 Å². The summed E-state index contributed by atoms with van der Waals surface area (Å²) in [6.07, 6.45) is 7.11. The van der Waals surface area contributed by atoms with Crippen molar-refractivity contribution in [2.24, 2.45) is 0 Å². The Kier molecular flexibility index (Phi) is 3.14. The normalized spacial score (nSPS) is 10.6. The number of nitrogens with zero attached hydrogens (tertiary/aromatic N) is 3. The quantitative estimate of drug-likeness (QED) is 0.573. The Bertz CT molecular complexity index is 493. The molecule has 16 heavy (non-hydrogen) atoms. The van der Waals surface area contributed by atoms with E-state index in [1.165, 1.54) is 6.92 Å². The number of fused-ring (bicyclic) bond motifs is 1. The van der Waals surface area contributed by atoms with Gasteiger partial charge in [-0.1, -0.05) is 0 Å². The molecule has 0 aromatic carbocycles. The fraction of sp³-hybridized carbons (Fsp3) is 0.364. The smallest absolute Gasteiger partial charge is 0.302 e. The highest BCUT2D eigenvalue weighted by atomic mass is 16.5. The highest BCUT2D eigenvalue weighted by Gasteiger charge is 1.99. The summed E-state index contributed by atoms with van der Waals surface area (Å²) >= 11 is 0. The first-order valence-electron chi connectivity index (χ1n) is 5.17. The van der Waals surface area contributed by atoms with E-state index in [-0.39, 0.29) is 5.97 Å². The van der Waals surface area contributed by atoms with Crippen LogP contribution in [0.4, 0.5) is 0 Å². The third-order valence-electron chi connectivity index (χ3n) is 2.22. The van der Waals surface area contributed by atoms with Crippen LogP contribution in [0.5, 0.6) is 0 Å². The van der Waals surface area contributed by atoms with Crippen LogP contribution in [-0.4, -0.2) is 27.2 Å². The molecule has 0 spiro atoms. The minimum absolute atomic E-state index is 0.236. The van der Waals surface area contributed by atoms with E-state index >= 15 is 0 Å². The molecular weight excluding hydrogens is 206 g/mol. The zero-order valence-electron chi connectivity index (χ0n) is 9.09. The Morgan fingerprint density at radius 3 is 3.25 bits per heavy atom. The SMILES string of the molecule is CC(=O)OCCCc1cnc2ccnn2c1. The number of aromatic nitrogens is 3. The highest BCUT2D eigenvalue weighted by molar-refractivity contribution is 5.65. The van der Waals surface area contributed by atoms with Crippen LogP contribution in [0.3, 0.4) is 0 Å². The Morgan fingerprint density at radius 2 is 2.44 bits per heavy atom. The molecule has 2 aromatic rings. The van der Waals surface area contributed by atoms with E-state index in [0.29, 0.717) is 6.61 Å². The number of aryl methyl sites for hydroxylation is 1. The third-order valence-corrected chi connectivity index (χ3v) is 2.22. The second-order valence-electron chi connectivity index (χ2n) is 3.54. The lowest BCUT2D eigenvalue weighted by Crippen LogP contribution is -2.02. The van der Waals surface area contributed by atoms with Crippen molar-refractivity contribution in [3.05, 3.63) is 30.2 Å². The van der Waals surface area contributed by atoms with E-state index in [1.54, 1.807) is 10.7 Å². The average Bonchev–Trinajstić information content (AvgIpc) is 2.71. The molecule has 2 heterocycles. The van der Waals surface area contributed by atoms with Crippen LogP contribution < -0.4 is 0 Å². The molecule has 0 unspecified atom stereocenters. The second-order valence-corrected chi connectivity index (χ2v) is 3.54. The van der Waals surface area contributed by atoms with Gasteiger partial charge in [0.25, 0.3) is 0 Å². The van der Waals surface area contributed by atoms with Gasteiger partial charge >= 0.3 is 5.97 Å².